The second-order valence-corrected chi connectivity index (χ2v) is 1.66. The number of allylic oxidation sites excluding steroid dienone is 1. The van der Waals surface area contributed by atoms with Gasteiger partial charge in [-0.25, -0.2) is 9.59 Å². The Bertz CT molecular complexity index is 171. The summed E-state index contributed by atoms with van der Waals surface area (Å²) in [4.78, 5) is 20.9. The Morgan fingerprint density at radius 3 is 2.45 bits per heavy atom. The van der Waals surface area contributed by atoms with Crippen molar-refractivity contribution >= 4 is 11.9 Å². The highest BCUT2D eigenvalue weighted by Crippen LogP contribution is 1.83. The summed E-state index contributed by atoms with van der Waals surface area (Å²) in [6, 6.07) is 0. The molecule has 0 aromatic carbocycles. The minimum absolute atomic E-state index is 0.102. The molecule has 0 aromatic rings. The highest BCUT2D eigenvalue weighted by Gasteiger charge is 2.13. The molecule has 0 rings (SSSR count). The van der Waals surface area contributed by atoms with E-state index >= 15 is 0 Å². The molecule has 0 heterocycles. The molecule has 0 saturated heterocycles. The van der Waals surface area contributed by atoms with E-state index in [0.717, 1.165) is 7.11 Å². The minimum Gasteiger partial charge on any atom is -0.461 e. The van der Waals surface area contributed by atoms with Gasteiger partial charge in [0.25, 0.3) is 0 Å². The van der Waals surface area contributed by atoms with Gasteiger partial charge in [-0.05, 0) is 6.92 Å². The molecule has 0 amide bonds. The Balaban J connectivity index is 3.61. The minimum atomic E-state index is -0.977. The first-order valence-corrected chi connectivity index (χ1v) is 3.08. The van der Waals surface area contributed by atoms with Crippen LogP contribution in [0.2, 0.25) is 0 Å². The molecular formula is C7H10O4. The third-order valence-corrected chi connectivity index (χ3v) is 0.898. The van der Waals surface area contributed by atoms with Crippen molar-refractivity contribution in [2.24, 2.45) is 0 Å². The van der Waals surface area contributed by atoms with E-state index in [4.69, 9.17) is 0 Å². The molecular weight excluding hydrogens is 148 g/mol. The average molecular weight is 158 g/mol. The van der Waals surface area contributed by atoms with Crippen LogP contribution >= 0.6 is 0 Å². The number of carbonyl (C=O) groups is 2. The molecule has 0 spiro atoms. The summed E-state index contributed by atoms with van der Waals surface area (Å²) < 4.78 is 8.54. The molecule has 0 unspecified atom stereocenters. The van der Waals surface area contributed by atoms with E-state index in [0.29, 0.717) is 0 Å². The Kier molecular flexibility index (Phi) is 4.81. The van der Waals surface area contributed by atoms with Gasteiger partial charge in [-0.1, -0.05) is 12.2 Å². The van der Waals surface area contributed by atoms with Crippen molar-refractivity contribution in [3.8, 4) is 0 Å². The maximum absolute atomic E-state index is 10.5. The highest BCUT2D eigenvalue weighted by molar-refractivity contribution is 6.29. The maximum atomic E-state index is 10.5. The van der Waals surface area contributed by atoms with Crippen LogP contribution in [-0.2, 0) is 19.1 Å². The molecule has 0 atom stereocenters. The first kappa shape index (κ1) is 9.68. The number of hydrogen-bond donors (Lipinski definition) is 0. The van der Waals surface area contributed by atoms with E-state index in [1.54, 1.807) is 19.1 Å². The second-order valence-electron chi connectivity index (χ2n) is 1.66. The summed E-state index contributed by atoms with van der Waals surface area (Å²) in [5.74, 6) is -1.94. The number of methoxy groups -OCH3 is 1. The number of esters is 2. The van der Waals surface area contributed by atoms with Crippen molar-refractivity contribution in [2.75, 3.05) is 13.7 Å². The molecule has 11 heavy (non-hydrogen) atoms. The van der Waals surface area contributed by atoms with E-state index in [9.17, 15) is 9.59 Å². The van der Waals surface area contributed by atoms with Crippen LogP contribution in [0.4, 0.5) is 0 Å². The summed E-state index contributed by atoms with van der Waals surface area (Å²) in [5, 5.41) is 0. The van der Waals surface area contributed by atoms with Crippen molar-refractivity contribution in [1.82, 2.24) is 0 Å². The Hall–Kier alpha value is -1.32. The smallest absolute Gasteiger partial charge is 0.417 e. The Morgan fingerprint density at radius 1 is 1.36 bits per heavy atom. The fraction of sp³-hybridized carbons (Fsp3) is 0.429. The summed E-state index contributed by atoms with van der Waals surface area (Å²) in [6.07, 6.45) is 3.32. The van der Waals surface area contributed by atoms with Crippen molar-refractivity contribution < 1.29 is 19.1 Å². The quantitative estimate of drug-likeness (QED) is 0.329. The lowest BCUT2D eigenvalue weighted by Gasteiger charge is -1.97. The van der Waals surface area contributed by atoms with Gasteiger partial charge in [0.05, 0.1) is 7.11 Å². The monoisotopic (exact) mass is 158 g/mol. The van der Waals surface area contributed by atoms with Crippen LogP contribution in [-0.4, -0.2) is 25.7 Å². The third kappa shape index (κ3) is 4.13. The van der Waals surface area contributed by atoms with Crippen LogP contribution < -0.4 is 0 Å². The van der Waals surface area contributed by atoms with Crippen LogP contribution in [0.15, 0.2) is 12.2 Å². The zero-order valence-corrected chi connectivity index (χ0v) is 6.49. The lowest BCUT2D eigenvalue weighted by Crippen LogP contribution is -2.18. The SMILES string of the molecule is CC=CCOC(=O)C(=O)OC. The maximum Gasteiger partial charge on any atom is 0.417 e. The van der Waals surface area contributed by atoms with Crippen molar-refractivity contribution in [3.63, 3.8) is 0 Å². The average Bonchev–Trinajstić information content (AvgIpc) is 2.03. The summed E-state index contributed by atoms with van der Waals surface area (Å²) in [6.45, 7) is 1.89. The van der Waals surface area contributed by atoms with Crippen LogP contribution in [0, 0.1) is 0 Å². The predicted octanol–water partition coefficient (Wildman–Crippen LogP) is 0.279. The molecule has 4 heteroatoms. The molecule has 62 valence electrons. The number of carbonyl (C=O) groups excluding carboxylic acids is 2. The van der Waals surface area contributed by atoms with Crippen LogP contribution in [0.1, 0.15) is 6.92 Å². The topological polar surface area (TPSA) is 52.6 Å². The van der Waals surface area contributed by atoms with Gasteiger partial charge in [-0.2, -0.15) is 0 Å². The molecule has 0 aromatic heterocycles. The molecule has 0 aliphatic carbocycles. The molecule has 0 aliphatic rings. The predicted molar refractivity (Wildman–Crippen MR) is 37.8 cm³/mol. The van der Waals surface area contributed by atoms with Gasteiger partial charge in [0, 0.05) is 0 Å². The van der Waals surface area contributed by atoms with Gasteiger partial charge < -0.3 is 9.47 Å². The molecule has 0 saturated carbocycles. The van der Waals surface area contributed by atoms with Gasteiger partial charge in [-0.3, -0.25) is 0 Å². The second kappa shape index (κ2) is 5.46. The standard InChI is InChI=1S/C7H10O4/c1-3-4-5-11-7(9)6(8)10-2/h3-4H,5H2,1-2H3. The normalized spacial score (nSPS) is 9.64. The summed E-state index contributed by atoms with van der Waals surface area (Å²) in [7, 11) is 1.12. The van der Waals surface area contributed by atoms with Crippen LogP contribution in [0.25, 0.3) is 0 Å². The van der Waals surface area contributed by atoms with E-state index < -0.39 is 11.9 Å². The highest BCUT2D eigenvalue weighted by atomic mass is 16.6. The Labute approximate surface area is 64.8 Å². The van der Waals surface area contributed by atoms with Gasteiger partial charge in [0.15, 0.2) is 0 Å². The summed E-state index contributed by atoms with van der Waals surface area (Å²) >= 11 is 0. The molecule has 0 aliphatic heterocycles. The van der Waals surface area contributed by atoms with Crippen molar-refractivity contribution in [2.45, 2.75) is 6.92 Å². The fourth-order valence-electron chi connectivity index (χ4n) is 0.362. The number of ether oxygens (including phenoxy) is 2. The lowest BCUT2D eigenvalue weighted by molar-refractivity contribution is -0.165. The van der Waals surface area contributed by atoms with Gasteiger partial charge in [0.1, 0.15) is 6.61 Å². The zero-order valence-electron chi connectivity index (χ0n) is 6.49. The largest absolute Gasteiger partial charge is 0.461 e. The van der Waals surface area contributed by atoms with E-state index in [1.807, 2.05) is 0 Å². The molecule has 0 radical (unpaired) electrons. The first-order valence-electron chi connectivity index (χ1n) is 3.08. The van der Waals surface area contributed by atoms with Crippen molar-refractivity contribution in [1.29, 1.82) is 0 Å². The van der Waals surface area contributed by atoms with Crippen LogP contribution in [0.5, 0.6) is 0 Å². The van der Waals surface area contributed by atoms with Gasteiger partial charge >= 0.3 is 11.9 Å². The summed E-state index contributed by atoms with van der Waals surface area (Å²) in [5.41, 5.74) is 0. The van der Waals surface area contributed by atoms with Gasteiger partial charge in [-0.15, -0.1) is 0 Å². The van der Waals surface area contributed by atoms with Crippen LogP contribution in [0.3, 0.4) is 0 Å². The molecule has 4 nitrogen and oxygen atoms in total. The molecule has 0 N–H and O–H groups in total. The lowest BCUT2D eigenvalue weighted by atomic mass is 10.5. The number of rotatable bonds is 2. The molecule has 0 bridgehead atoms. The third-order valence-electron chi connectivity index (χ3n) is 0.898. The zero-order chi connectivity index (χ0) is 8.69. The molecule has 0 fully saturated rings. The first-order chi connectivity index (χ1) is 5.22. The van der Waals surface area contributed by atoms with Gasteiger partial charge in [0.2, 0.25) is 0 Å². The van der Waals surface area contributed by atoms with Crippen molar-refractivity contribution in [3.05, 3.63) is 12.2 Å². The Morgan fingerprint density at radius 2 is 2.00 bits per heavy atom. The van der Waals surface area contributed by atoms with E-state index in [-0.39, 0.29) is 6.61 Å². The van der Waals surface area contributed by atoms with E-state index in [1.165, 1.54) is 0 Å². The van der Waals surface area contributed by atoms with E-state index in [2.05, 4.69) is 9.47 Å². The fourth-order valence-corrected chi connectivity index (χ4v) is 0.362. The number of hydrogen-bond acceptors (Lipinski definition) is 4.